The smallest absolute Gasteiger partial charge is 0.102 e. The van der Waals surface area contributed by atoms with E-state index in [9.17, 15) is 5.11 Å². The summed E-state index contributed by atoms with van der Waals surface area (Å²) in [6, 6.07) is -0.357. The third-order valence-electron chi connectivity index (χ3n) is 4.72. The van der Waals surface area contributed by atoms with Crippen molar-refractivity contribution in [2.24, 2.45) is 17.1 Å². The van der Waals surface area contributed by atoms with E-state index >= 15 is 0 Å². The lowest BCUT2D eigenvalue weighted by molar-refractivity contribution is 0.163. The average molecular weight is 247 g/mol. The summed E-state index contributed by atoms with van der Waals surface area (Å²) in [6.45, 7) is 7.93. The largest absolute Gasteiger partial charge is 0.511 e. The molecule has 100 valence electrons. The summed E-state index contributed by atoms with van der Waals surface area (Å²) in [6.07, 6.45) is 10.6. The first kappa shape index (κ1) is 13.4. The summed E-state index contributed by atoms with van der Waals surface area (Å²) >= 11 is 0. The maximum Gasteiger partial charge on any atom is 0.102 e. The third kappa shape index (κ3) is 2.26. The molecule has 0 amide bonds. The molecule has 3 N–H and O–H groups in total. The highest BCUT2D eigenvalue weighted by Crippen LogP contribution is 2.46. The Balaban J connectivity index is 2.32. The van der Waals surface area contributed by atoms with Gasteiger partial charge in [-0.1, -0.05) is 38.2 Å². The molecule has 0 bridgehead atoms. The molecule has 2 heteroatoms. The zero-order valence-corrected chi connectivity index (χ0v) is 11.6. The van der Waals surface area contributed by atoms with Crippen molar-refractivity contribution in [3.63, 3.8) is 0 Å². The molecule has 0 aliphatic heterocycles. The zero-order chi connectivity index (χ0) is 13.3. The summed E-state index contributed by atoms with van der Waals surface area (Å²) in [5.41, 5.74) is 9.10. The van der Waals surface area contributed by atoms with Gasteiger partial charge in [0.15, 0.2) is 0 Å². The summed E-state index contributed by atoms with van der Waals surface area (Å²) in [5, 5.41) is 9.63. The van der Waals surface area contributed by atoms with Crippen LogP contribution in [0.1, 0.15) is 46.0 Å². The van der Waals surface area contributed by atoms with Gasteiger partial charge < -0.3 is 10.8 Å². The van der Waals surface area contributed by atoms with Crippen molar-refractivity contribution in [2.45, 2.75) is 52.0 Å². The molecule has 2 aliphatic carbocycles. The Bertz CT molecular complexity index is 403. The summed E-state index contributed by atoms with van der Waals surface area (Å²) < 4.78 is 0. The van der Waals surface area contributed by atoms with Crippen molar-refractivity contribution >= 4 is 0 Å². The van der Waals surface area contributed by atoms with Crippen LogP contribution >= 0.6 is 0 Å². The van der Waals surface area contributed by atoms with Crippen molar-refractivity contribution in [3.05, 3.63) is 35.6 Å². The summed E-state index contributed by atoms with van der Waals surface area (Å²) in [4.78, 5) is 0. The highest BCUT2D eigenvalue weighted by Gasteiger charge is 2.40. The van der Waals surface area contributed by atoms with Crippen LogP contribution in [-0.2, 0) is 0 Å². The monoisotopic (exact) mass is 247 g/mol. The van der Waals surface area contributed by atoms with Crippen LogP contribution in [0.5, 0.6) is 0 Å². The fourth-order valence-electron chi connectivity index (χ4n) is 3.46. The van der Waals surface area contributed by atoms with Gasteiger partial charge >= 0.3 is 0 Å². The summed E-state index contributed by atoms with van der Waals surface area (Å²) in [7, 11) is 0. The van der Waals surface area contributed by atoms with E-state index in [-0.39, 0.29) is 17.2 Å². The van der Waals surface area contributed by atoms with Crippen molar-refractivity contribution in [2.75, 3.05) is 0 Å². The molecule has 0 saturated heterocycles. The van der Waals surface area contributed by atoms with Crippen molar-refractivity contribution < 1.29 is 5.11 Å². The van der Waals surface area contributed by atoms with Crippen LogP contribution in [0.25, 0.3) is 0 Å². The molecule has 0 heterocycles. The number of aliphatic hydroxyl groups is 1. The van der Waals surface area contributed by atoms with Crippen LogP contribution in [-0.4, -0.2) is 11.1 Å². The van der Waals surface area contributed by atoms with Gasteiger partial charge in [-0.25, -0.2) is 0 Å². The molecular weight excluding hydrogens is 222 g/mol. The molecule has 18 heavy (non-hydrogen) atoms. The molecule has 0 aromatic carbocycles. The number of nitrogens with two attached hydrogens (primary N) is 1. The van der Waals surface area contributed by atoms with Gasteiger partial charge in [-0.3, -0.25) is 0 Å². The van der Waals surface area contributed by atoms with Gasteiger partial charge in [0.05, 0.1) is 6.04 Å². The number of allylic oxidation sites excluding steroid dienone is 4. The Labute approximate surface area is 110 Å². The predicted octanol–water partition coefficient (Wildman–Crippen LogP) is 3.86. The third-order valence-corrected chi connectivity index (χ3v) is 4.72. The van der Waals surface area contributed by atoms with E-state index in [1.807, 2.05) is 0 Å². The van der Waals surface area contributed by atoms with Crippen LogP contribution in [0.4, 0.5) is 0 Å². The molecule has 2 nitrogen and oxygen atoms in total. The quantitative estimate of drug-likeness (QED) is 0.744. The highest BCUT2D eigenvalue weighted by atomic mass is 16.3. The maximum absolute atomic E-state index is 9.63. The molecule has 2 aliphatic rings. The maximum atomic E-state index is 9.63. The standard InChI is InChI=1S/C16H25NO/c1-11(18)15(17)16(2,3)14-10-6-8-12-7-4-5-9-13(12)14/h5,9,14-15,18H,1,4,6-8,10,17H2,2-3H3. The molecule has 0 saturated carbocycles. The number of aliphatic hydroxyl groups excluding tert-OH is 1. The van der Waals surface area contributed by atoms with Crippen LogP contribution < -0.4 is 5.73 Å². The van der Waals surface area contributed by atoms with E-state index in [2.05, 4.69) is 32.6 Å². The van der Waals surface area contributed by atoms with Crippen LogP contribution in [0.2, 0.25) is 0 Å². The second-order valence-electron chi connectivity index (χ2n) is 6.24. The van der Waals surface area contributed by atoms with Crippen LogP contribution in [0.15, 0.2) is 35.6 Å². The van der Waals surface area contributed by atoms with Gasteiger partial charge in [0.25, 0.3) is 0 Å². The van der Waals surface area contributed by atoms with E-state index in [0.717, 1.165) is 6.42 Å². The molecule has 0 fully saturated rings. The van der Waals surface area contributed by atoms with E-state index in [0.29, 0.717) is 5.92 Å². The molecule has 2 rings (SSSR count). The highest BCUT2D eigenvalue weighted by molar-refractivity contribution is 5.35. The van der Waals surface area contributed by atoms with Crippen molar-refractivity contribution in [3.8, 4) is 0 Å². The molecule has 2 atom stereocenters. The second kappa shape index (κ2) is 4.93. The van der Waals surface area contributed by atoms with Crippen LogP contribution in [0.3, 0.4) is 0 Å². The van der Waals surface area contributed by atoms with Gasteiger partial charge in [-0.15, -0.1) is 0 Å². The first-order chi connectivity index (χ1) is 8.44. The van der Waals surface area contributed by atoms with E-state index in [1.54, 1.807) is 5.57 Å². The Morgan fingerprint density at radius 3 is 2.89 bits per heavy atom. The Kier molecular flexibility index (Phi) is 3.67. The van der Waals surface area contributed by atoms with Gasteiger partial charge in [-0.05, 0) is 49.0 Å². The van der Waals surface area contributed by atoms with Gasteiger partial charge in [0, 0.05) is 0 Å². The first-order valence-electron chi connectivity index (χ1n) is 6.96. The van der Waals surface area contributed by atoms with Gasteiger partial charge in [0.2, 0.25) is 0 Å². The van der Waals surface area contributed by atoms with Crippen molar-refractivity contribution in [1.29, 1.82) is 0 Å². The molecular formula is C16H25NO. The van der Waals surface area contributed by atoms with Crippen molar-refractivity contribution in [1.82, 2.24) is 0 Å². The SMILES string of the molecule is C=C(O)C(N)C(C)(C)C1CCCC2=C1C=CCC2. The minimum atomic E-state index is -0.357. The van der Waals surface area contributed by atoms with Crippen LogP contribution in [0, 0.1) is 11.3 Å². The van der Waals surface area contributed by atoms with Gasteiger partial charge in [0.1, 0.15) is 5.76 Å². The number of hydrogen-bond donors (Lipinski definition) is 2. The topological polar surface area (TPSA) is 46.2 Å². The zero-order valence-electron chi connectivity index (χ0n) is 11.6. The van der Waals surface area contributed by atoms with E-state index in [1.165, 1.54) is 31.3 Å². The van der Waals surface area contributed by atoms with E-state index < -0.39 is 0 Å². The molecule has 0 aromatic heterocycles. The molecule has 2 unspecified atom stereocenters. The molecule has 0 radical (unpaired) electrons. The first-order valence-corrected chi connectivity index (χ1v) is 6.96. The average Bonchev–Trinajstić information content (AvgIpc) is 2.36. The fraction of sp³-hybridized carbons (Fsp3) is 0.625. The molecule has 0 aromatic rings. The fourth-order valence-corrected chi connectivity index (χ4v) is 3.46. The van der Waals surface area contributed by atoms with Gasteiger partial charge in [-0.2, -0.15) is 0 Å². The number of rotatable bonds is 3. The Morgan fingerprint density at radius 1 is 1.50 bits per heavy atom. The predicted molar refractivity (Wildman–Crippen MR) is 76.3 cm³/mol. The lowest BCUT2D eigenvalue weighted by Crippen LogP contribution is -2.45. The minimum absolute atomic E-state index is 0.104. The second-order valence-corrected chi connectivity index (χ2v) is 6.24. The Hall–Kier alpha value is -1.02. The lowest BCUT2D eigenvalue weighted by Gasteiger charge is -2.43. The summed E-state index contributed by atoms with van der Waals surface area (Å²) in [5.74, 6) is 0.546. The minimum Gasteiger partial charge on any atom is -0.511 e. The normalized spacial score (nSPS) is 25.8. The van der Waals surface area contributed by atoms with E-state index in [4.69, 9.17) is 5.73 Å². The Morgan fingerprint density at radius 2 is 2.22 bits per heavy atom. The lowest BCUT2D eigenvalue weighted by atomic mass is 9.63. The molecule has 0 spiro atoms. The number of hydrogen-bond acceptors (Lipinski definition) is 2.